The van der Waals surface area contributed by atoms with Gasteiger partial charge in [0.25, 0.3) is 5.91 Å². The van der Waals surface area contributed by atoms with Crippen molar-refractivity contribution in [2.45, 2.75) is 45.2 Å². The van der Waals surface area contributed by atoms with Gasteiger partial charge >= 0.3 is 11.7 Å². The number of aromatic nitrogens is 1. The van der Waals surface area contributed by atoms with E-state index in [1.54, 1.807) is 24.3 Å². The van der Waals surface area contributed by atoms with Crippen molar-refractivity contribution < 1.29 is 18.7 Å². The fraction of sp³-hybridized carbons (Fsp3) is 0.500. The number of benzene rings is 1. The molecule has 1 N–H and O–H groups in total. The molecule has 7 heteroatoms. The first-order chi connectivity index (χ1) is 12.0. The molecule has 3 rings (SSSR count). The quantitative estimate of drug-likeness (QED) is 0.834. The molecular weight excluding hydrogens is 324 g/mol. The van der Waals surface area contributed by atoms with Crippen molar-refractivity contribution in [3.05, 3.63) is 34.8 Å². The third-order valence-electron chi connectivity index (χ3n) is 4.68. The maximum Gasteiger partial charge on any atom is 0.420 e. The number of nitrogens with one attached hydrogen (secondary N) is 1. The minimum atomic E-state index is -0.652. The van der Waals surface area contributed by atoms with Crippen molar-refractivity contribution in [3.8, 4) is 0 Å². The van der Waals surface area contributed by atoms with Gasteiger partial charge < -0.3 is 14.5 Å². The minimum Gasteiger partial charge on any atom is -0.454 e. The number of rotatable bonds is 5. The van der Waals surface area contributed by atoms with Crippen LogP contribution in [0.15, 0.2) is 33.5 Å². The largest absolute Gasteiger partial charge is 0.454 e. The molecule has 7 nitrogen and oxygen atoms in total. The van der Waals surface area contributed by atoms with Crippen molar-refractivity contribution in [1.29, 1.82) is 0 Å². The molecule has 0 bridgehead atoms. The fourth-order valence-electron chi connectivity index (χ4n) is 3.26. The van der Waals surface area contributed by atoms with Gasteiger partial charge in [0.2, 0.25) is 0 Å². The lowest BCUT2D eigenvalue weighted by Gasteiger charge is -2.29. The number of ether oxygens (including phenoxy) is 1. The van der Waals surface area contributed by atoms with E-state index >= 15 is 0 Å². The summed E-state index contributed by atoms with van der Waals surface area (Å²) >= 11 is 0. The Balaban J connectivity index is 1.53. The number of hydrogen-bond acceptors (Lipinski definition) is 5. The SMILES string of the molecule is C[C@@H]1CCCC[C@H]1NC(=O)COC(=O)Cn1c(=O)oc2ccccc21. The number of carbonyl (C=O) groups excluding carboxylic acids is 2. The normalized spacial score (nSPS) is 20.4. The first-order valence-electron chi connectivity index (χ1n) is 8.58. The van der Waals surface area contributed by atoms with Crippen molar-refractivity contribution in [2.75, 3.05) is 6.61 Å². The van der Waals surface area contributed by atoms with Crippen LogP contribution in [0.3, 0.4) is 0 Å². The van der Waals surface area contributed by atoms with Gasteiger partial charge in [-0.1, -0.05) is 31.9 Å². The molecule has 25 heavy (non-hydrogen) atoms. The molecule has 1 saturated carbocycles. The number of nitrogens with zero attached hydrogens (tertiary/aromatic N) is 1. The first-order valence-corrected chi connectivity index (χ1v) is 8.58. The lowest BCUT2D eigenvalue weighted by molar-refractivity contribution is -0.149. The van der Waals surface area contributed by atoms with E-state index in [9.17, 15) is 14.4 Å². The lowest BCUT2D eigenvalue weighted by atomic mass is 9.86. The summed E-state index contributed by atoms with van der Waals surface area (Å²) in [5.41, 5.74) is 0.925. The Hall–Kier alpha value is -2.57. The van der Waals surface area contributed by atoms with Crippen LogP contribution in [0.4, 0.5) is 0 Å². The van der Waals surface area contributed by atoms with Crippen LogP contribution in [-0.2, 0) is 20.9 Å². The van der Waals surface area contributed by atoms with Crippen molar-refractivity contribution >= 4 is 23.0 Å². The average molecular weight is 346 g/mol. The van der Waals surface area contributed by atoms with Crippen LogP contribution < -0.4 is 11.1 Å². The molecule has 134 valence electrons. The topological polar surface area (TPSA) is 90.5 Å². The molecule has 0 spiro atoms. The number of hydrogen-bond donors (Lipinski definition) is 1. The highest BCUT2D eigenvalue weighted by atomic mass is 16.5. The van der Waals surface area contributed by atoms with Gasteiger partial charge in [-0.25, -0.2) is 4.79 Å². The van der Waals surface area contributed by atoms with E-state index in [2.05, 4.69) is 12.2 Å². The second-order valence-electron chi connectivity index (χ2n) is 6.52. The minimum absolute atomic E-state index is 0.139. The Bertz CT molecular complexity index is 822. The van der Waals surface area contributed by atoms with Crippen LogP contribution in [0.2, 0.25) is 0 Å². The molecular formula is C18H22N2O5. The van der Waals surface area contributed by atoms with Gasteiger partial charge in [-0.15, -0.1) is 0 Å². The molecule has 1 heterocycles. The van der Waals surface area contributed by atoms with Crippen LogP contribution in [-0.4, -0.2) is 29.1 Å². The van der Waals surface area contributed by atoms with E-state index < -0.39 is 11.7 Å². The second-order valence-corrected chi connectivity index (χ2v) is 6.52. The molecule has 1 aromatic heterocycles. The van der Waals surface area contributed by atoms with Crippen molar-refractivity contribution in [2.24, 2.45) is 5.92 Å². The van der Waals surface area contributed by atoms with Gasteiger partial charge in [0, 0.05) is 6.04 Å². The summed E-state index contributed by atoms with van der Waals surface area (Å²) in [6, 6.07) is 6.96. The Morgan fingerprint density at radius 3 is 2.84 bits per heavy atom. The monoisotopic (exact) mass is 346 g/mol. The van der Waals surface area contributed by atoms with Gasteiger partial charge in [-0.3, -0.25) is 14.2 Å². The molecule has 0 radical (unpaired) electrons. The summed E-state index contributed by atoms with van der Waals surface area (Å²) in [5, 5.41) is 2.92. The van der Waals surface area contributed by atoms with Gasteiger partial charge in [-0.05, 0) is 30.9 Å². The highest BCUT2D eigenvalue weighted by Gasteiger charge is 2.23. The van der Waals surface area contributed by atoms with E-state index in [-0.39, 0.29) is 25.1 Å². The molecule has 0 saturated heterocycles. The maximum atomic E-state index is 12.0. The van der Waals surface area contributed by atoms with Crippen molar-refractivity contribution in [3.63, 3.8) is 0 Å². The Labute approximate surface area is 144 Å². The molecule has 1 aliphatic carbocycles. The third-order valence-corrected chi connectivity index (χ3v) is 4.68. The molecule has 2 aromatic rings. The maximum absolute atomic E-state index is 12.0. The summed E-state index contributed by atoms with van der Waals surface area (Å²) < 4.78 is 11.3. The van der Waals surface area contributed by atoms with Crippen LogP contribution in [0.25, 0.3) is 11.1 Å². The fourth-order valence-corrected chi connectivity index (χ4v) is 3.26. The Kier molecular flexibility index (Phi) is 5.21. The smallest absolute Gasteiger partial charge is 0.420 e. The third kappa shape index (κ3) is 4.10. The Morgan fingerprint density at radius 1 is 1.28 bits per heavy atom. The zero-order valence-corrected chi connectivity index (χ0v) is 14.2. The number of para-hydroxylation sites is 2. The number of esters is 1. The molecule has 1 amide bonds. The van der Waals surface area contributed by atoms with E-state index in [0.29, 0.717) is 17.0 Å². The summed E-state index contributed by atoms with van der Waals surface area (Å²) in [4.78, 5) is 35.8. The van der Waals surface area contributed by atoms with E-state index in [4.69, 9.17) is 9.15 Å². The highest BCUT2D eigenvalue weighted by Crippen LogP contribution is 2.23. The average Bonchev–Trinajstić information content (AvgIpc) is 2.91. The van der Waals surface area contributed by atoms with Crippen molar-refractivity contribution in [1.82, 2.24) is 9.88 Å². The number of amides is 1. The molecule has 1 fully saturated rings. The predicted molar refractivity (Wildman–Crippen MR) is 91.0 cm³/mol. The molecule has 1 aromatic carbocycles. The van der Waals surface area contributed by atoms with E-state index in [1.807, 2.05) is 0 Å². The number of carbonyl (C=O) groups is 2. The Morgan fingerprint density at radius 2 is 2.04 bits per heavy atom. The summed E-state index contributed by atoms with van der Waals surface area (Å²) in [7, 11) is 0. The summed E-state index contributed by atoms with van der Waals surface area (Å²) in [6.45, 7) is 1.49. The zero-order valence-electron chi connectivity index (χ0n) is 14.2. The van der Waals surface area contributed by atoms with Gasteiger partial charge in [0.05, 0.1) is 5.52 Å². The zero-order chi connectivity index (χ0) is 17.8. The molecule has 2 atom stereocenters. The number of oxazole rings is 1. The summed E-state index contributed by atoms with van der Waals surface area (Å²) in [6.07, 6.45) is 4.35. The van der Waals surface area contributed by atoms with Gasteiger partial charge in [-0.2, -0.15) is 0 Å². The van der Waals surface area contributed by atoms with Gasteiger partial charge in [0.1, 0.15) is 6.54 Å². The van der Waals surface area contributed by atoms with E-state index in [0.717, 1.165) is 19.3 Å². The molecule has 0 unspecified atom stereocenters. The van der Waals surface area contributed by atoms with E-state index in [1.165, 1.54) is 11.0 Å². The van der Waals surface area contributed by atoms with Gasteiger partial charge in [0.15, 0.2) is 12.2 Å². The highest BCUT2D eigenvalue weighted by molar-refractivity contribution is 5.81. The lowest BCUT2D eigenvalue weighted by Crippen LogP contribution is -2.43. The molecule has 0 aliphatic heterocycles. The summed E-state index contributed by atoms with van der Waals surface area (Å²) in [5.74, 6) is -1.15. The predicted octanol–water partition coefficient (Wildman–Crippen LogP) is 1.83. The standard InChI is InChI=1S/C18H22N2O5/c1-12-6-2-3-7-13(12)19-16(21)11-24-17(22)10-20-14-8-4-5-9-15(14)25-18(20)23/h4-5,8-9,12-13H,2-3,6-7,10-11H2,1H3,(H,19,21)/t12-,13-/m1/s1. The van der Waals surface area contributed by atoms with Crippen LogP contribution in [0, 0.1) is 5.92 Å². The number of fused-ring (bicyclic) bond motifs is 1. The first kappa shape index (κ1) is 17.3. The second kappa shape index (κ2) is 7.55. The van der Waals surface area contributed by atoms with Crippen LogP contribution in [0.1, 0.15) is 32.6 Å². The van der Waals surface area contributed by atoms with Crippen LogP contribution in [0.5, 0.6) is 0 Å². The molecule has 1 aliphatic rings. The van der Waals surface area contributed by atoms with Crippen LogP contribution >= 0.6 is 0 Å².